The third kappa shape index (κ3) is 8.24. The first kappa shape index (κ1) is 42.9. The smallest absolute Gasteiger partial charge is 0.264 e. The second-order valence-electron chi connectivity index (χ2n) is 15.1. The summed E-state index contributed by atoms with van der Waals surface area (Å²) in [5, 5.41) is 19.6. The first-order chi connectivity index (χ1) is 26.4. The van der Waals surface area contributed by atoms with Crippen molar-refractivity contribution in [2.75, 3.05) is 21.7 Å². The van der Waals surface area contributed by atoms with E-state index in [1.807, 2.05) is 86.6 Å². The molecular formula is C42H51ClN4O7S2. The zero-order chi connectivity index (χ0) is 39.4. The molecule has 0 amide bonds. The van der Waals surface area contributed by atoms with Gasteiger partial charge in [-0.25, -0.2) is 22.7 Å². The summed E-state index contributed by atoms with van der Waals surface area (Å²) in [6.07, 6.45) is 7.67. The van der Waals surface area contributed by atoms with Gasteiger partial charge in [-0.2, -0.15) is 0 Å². The summed E-state index contributed by atoms with van der Waals surface area (Å²) >= 11 is 0. The highest BCUT2D eigenvalue weighted by Gasteiger charge is 2.46. The molecule has 2 saturated carbocycles. The number of rotatable bonds is 4. The van der Waals surface area contributed by atoms with Crippen LogP contribution in [-0.4, -0.2) is 51.8 Å². The van der Waals surface area contributed by atoms with Crippen molar-refractivity contribution < 1.29 is 32.0 Å². The highest BCUT2D eigenvalue weighted by atomic mass is 35.5. The van der Waals surface area contributed by atoms with Gasteiger partial charge in [-0.15, -0.1) is 12.4 Å². The highest BCUT2D eigenvalue weighted by Crippen LogP contribution is 2.48. The van der Waals surface area contributed by atoms with Crippen molar-refractivity contribution in [3.8, 4) is 0 Å². The molecule has 2 atom stereocenters. The quantitative estimate of drug-likeness (QED) is 0.139. The van der Waals surface area contributed by atoms with Crippen molar-refractivity contribution in [1.29, 1.82) is 0 Å². The Morgan fingerprint density at radius 1 is 0.607 bits per heavy atom. The molecular weight excluding hydrogens is 772 g/mol. The Morgan fingerprint density at radius 3 is 1.46 bits per heavy atom. The zero-order valence-electron chi connectivity index (χ0n) is 31.8. The highest BCUT2D eigenvalue weighted by molar-refractivity contribution is 7.93. The van der Waals surface area contributed by atoms with E-state index in [9.17, 15) is 26.8 Å². The summed E-state index contributed by atoms with van der Waals surface area (Å²) in [5.74, 6) is 3.79. The van der Waals surface area contributed by atoms with E-state index >= 15 is 0 Å². The topological polar surface area (TPSA) is 171 Å². The summed E-state index contributed by atoms with van der Waals surface area (Å²) in [7, 11) is -7.31. The minimum atomic E-state index is -3.66. The number of hydrogen-bond acceptors (Lipinski definition) is 9. The molecule has 2 aliphatic carbocycles. The molecule has 56 heavy (non-hydrogen) atoms. The maximum absolute atomic E-state index is 13.4. The lowest BCUT2D eigenvalue weighted by molar-refractivity contribution is -0.126. The number of nitrogens with two attached hydrogens (primary N) is 1. The van der Waals surface area contributed by atoms with Gasteiger partial charge in [0.05, 0.1) is 26.9 Å². The SMILES string of the molecule is Cc1ccc(S(=O)(=O)N2CCC3(CCCC3=NO)Cc3ccccc32)cc1.Cc1ccc(S(=O)(=O)N2CCC3(CCCC3=O)Cc3ccccc32)cc1.Cl.NO. The molecule has 300 valence electrons. The van der Waals surface area contributed by atoms with E-state index in [1.54, 1.807) is 24.3 Å². The van der Waals surface area contributed by atoms with Crippen LogP contribution >= 0.6 is 12.4 Å². The number of benzene rings is 4. The molecule has 2 fully saturated rings. The van der Waals surface area contributed by atoms with Gasteiger partial charge in [-0.05, 0) is 119 Å². The normalized spacial score (nSPS) is 22.5. The standard InChI is InChI=1S/C21H24N2O3S.C21H23NO3S.ClH.H3NO/c1-16-8-10-18(11-9-16)27(25,26)23-14-13-21(12-4-7-20(21)22-24)15-17-5-2-3-6-19(17)23;1-16-8-10-18(11-9-16)26(24,25)22-14-13-21(12-4-7-20(21)23)15-17-5-2-3-6-19(17)22;;1-2/h2-3,5-6,8-11,24H,4,7,12-15H2,1H3;2-3,5-6,8-11H,4,7,12-15H2,1H3;1H;2H,1H2. The Hall–Kier alpha value is -4.27. The molecule has 2 aliphatic heterocycles. The number of oxime groups is 1. The monoisotopic (exact) mass is 822 g/mol. The maximum Gasteiger partial charge on any atom is 0.264 e. The van der Waals surface area contributed by atoms with Gasteiger partial charge in [-0.3, -0.25) is 13.4 Å². The van der Waals surface area contributed by atoms with Crippen LogP contribution in [0.5, 0.6) is 0 Å². The van der Waals surface area contributed by atoms with Crippen molar-refractivity contribution in [3.05, 3.63) is 119 Å². The van der Waals surface area contributed by atoms with E-state index in [4.69, 9.17) is 5.21 Å². The number of Topliss-reactive ketones (excluding diaryl/α,β-unsaturated/α-hetero) is 1. The van der Waals surface area contributed by atoms with Crippen LogP contribution in [0.25, 0.3) is 0 Å². The lowest BCUT2D eigenvalue weighted by Crippen LogP contribution is -2.35. The van der Waals surface area contributed by atoms with Crippen LogP contribution < -0.4 is 14.5 Å². The summed E-state index contributed by atoms with van der Waals surface area (Å²) < 4.78 is 56.6. The van der Waals surface area contributed by atoms with Crippen molar-refractivity contribution >= 4 is 55.3 Å². The summed E-state index contributed by atoms with van der Waals surface area (Å²) in [4.78, 5) is 13.2. The van der Waals surface area contributed by atoms with Crippen LogP contribution in [0.2, 0.25) is 0 Å². The van der Waals surface area contributed by atoms with Gasteiger partial charge in [-0.1, -0.05) is 76.9 Å². The molecule has 8 rings (SSSR count). The molecule has 2 unspecified atom stereocenters. The van der Waals surface area contributed by atoms with Crippen molar-refractivity contribution in [2.24, 2.45) is 21.9 Å². The van der Waals surface area contributed by atoms with Crippen LogP contribution in [0, 0.1) is 24.7 Å². The van der Waals surface area contributed by atoms with Gasteiger partial charge < -0.3 is 10.4 Å². The molecule has 0 aromatic heterocycles. The van der Waals surface area contributed by atoms with E-state index in [-0.39, 0.29) is 17.8 Å². The Labute approximate surface area is 336 Å². The van der Waals surface area contributed by atoms with E-state index in [0.717, 1.165) is 65.8 Å². The van der Waals surface area contributed by atoms with Gasteiger partial charge >= 0.3 is 0 Å². The van der Waals surface area contributed by atoms with E-state index in [0.29, 0.717) is 66.5 Å². The van der Waals surface area contributed by atoms with Gasteiger partial charge in [0.15, 0.2) is 0 Å². The molecule has 2 heterocycles. The molecule has 2 spiro atoms. The predicted octanol–water partition coefficient (Wildman–Crippen LogP) is 7.77. The number of carbonyl (C=O) groups is 1. The first-order valence-electron chi connectivity index (χ1n) is 18.7. The number of carbonyl (C=O) groups excluding carboxylic acids is 1. The number of para-hydroxylation sites is 2. The third-order valence-electron chi connectivity index (χ3n) is 11.8. The number of fused-ring (bicyclic) bond motifs is 2. The molecule has 4 aliphatic rings. The van der Waals surface area contributed by atoms with E-state index < -0.39 is 25.5 Å². The van der Waals surface area contributed by atoms with Crippen LogP contribution in [0.15, 0.2) is 112 Å². The van der Waals surface area contributed by atoms with Crippen LogP contribution in [0.3, 0.4) is 0 Å². The van der Waals surface area contributed by atoms with Gasteiger partial charge in [0.1, 0.15) is 5.78 Å². The average molecular weight is 823 g/mol. The second-order valence-corrected chi connectivity index (χ2v) is 18.9. The Morgan fingerprint density at radius 2 is 1.02 bits per heavy atom. The zero-order valence-corrected chi connectivity index (χ0v) is 34.3. The van der Waals surface area contributed by atoms with Gasteiger partial charge in [0.25, 0.3) is 20.0 Å². The molecule has 4 aromatic rings. The van der Waals surface area contributed by atoms with Crippen LogP contribution in [-0.2, 0) is 37.7 Å². The molecule has 11 nitrogen and oxygen atoms in total. The summed E-state index contributed by atoms with van der Waals surface area (Å²) in [5.41, 5.74) is 5.62. The predicted molar refractivity (Wildman–Crippen MR) is 221 cm³/mol. The molecule has 4 N–H and O–H groups in total. The van der Waals surface area contributed by atoms with Crippen molar-refractivity contribution in [2.45, 2.75) is 87.8 Å². The Balaban J connectivity index is 0.000000202. The number of aryl methyl sites for hydroxylation is 2. The van der Waals surface area contributed by atoms with Crippen LogP contribution in [0.4, 0.5) is 11.4 Å². The Kier molecular flexibility index (Phi) is 13.4. The minimum Gasteiger partial charge on any atom is -0.411 e. The number of ketones is 1. The summed E-state index contributed by atoms with van der Waals surface area (Å²) in [6, 6.07) is 29.3. The fourth-order valence-electron chi connectivity index (χ4n) is 8.82. The van der Waals surface area contributed by atoms with Gasteiger partial charge in [0, 0.05) is 30.3 Å². The largest absolute Gasteiger partial charge is 0.411 e. The molecule has 0 saturated heterocycles. The molecule has 14 heteroatoms. The first-order valence-corrected chi connectivity index (χ1v) is 21.6. The van der Waals surface area contributed by atoms with Crippen molar-refractivity contribution in [1.82, 2.24) is 0 Å². The second kappa shape index (κ2) is 17.5. The number of nitrogens with zero attached hydrogens (tertiary/aromatic N) is 3. The van der Waals surface area contributed by atoms with Crippen LogP contribution in [0.1, 0.15) is 73.6 Å². The average Bonchev–Trinajstić information content (AvgIpc) is 3.63. The third-order valence-corrected chi connectivity index (χ3v) is 15.5. The molecule has 0 bridgehead atoms. The lowest BCUT2D eigenvalue weighted by atomic mass is 9.76. The Bertz CT molecular complexity index is 2270. The lowest BCUT2D eigenvalue weighted by Gasteiger charge is -2.28. The molecule has 0 radical (unpaired) electrons. The number of halogens is 1. The van der Waals surface area contributed by atoms with E-state index in [2.05, 4.69) is 11.1 Å². The van der Waals surface area contributed by atoms with Crippen molar-refractivity contribution in [3.63, 3.8) is 0 Å². The summed E-state index contributed by atoms with van der Waals surface area (Å²) in [6.45, 7) is 4.61. The molecule has 4 aromatic carbocycles. The number of anilines is 2. The maximum atomic E-state index is 13.4. The van der Waals surface area contributed by atoms with Gasteiger partial charge in [0.2, 0.25) is 0 Å². The van der Waals surface area contributed by atoms with E-state index in [1.165, 1.54) is 8.61 Å². The minimum absolute atomic E-state index is 0. The fourth-order valence-corrected chi connectivity index (χ4v) is 11.8. The fraction of sp³-hybridized carbons (Fsp3) is 0.381. The number of sulfonamides is 2. The number of hydrogen-bond donors (Lipinski definition) is 3.